The number of hydrogen-bond donors (Lipinski definition) is 2. The van der Waals surface area contributed by atoms with Crippen molar-refractivity contribution < 1.29 is 15.0 Å². The molecule has 3 nitrogen and oxygen atoms in total. The second-order valence-electron chi connectivity index (χ2n) is 3.38. The second-order valence-corrected chi connectivity index (χ2v) is 3.38. The molecule has 3 heteroatoms. The Labute approximate surface area is 83.0 Å². The lowest BCUT2D eigenvalue weighted by molar-refractivity contribution is -0.146. The maximum absolute atomic E-state index is 10.3. The van der Waals surface area contributed by atoms with Crippen LogP contribution in [0.25, 0.3) is 0 Å². The third kappa shape index (κ3) is 3.18. The van der Waals surface area contributed by atoms with Crippen molar-refractivity contribution in [3.8, 4) is 0 Å². The Bertz CT molecular complexity index is 303. The zero-order valence-electron chi connectivity index (χ0n) is 8.10. The number of carboxylic acids is 1. The zero-order chi connectivity index (χ0) is 10.6. The molecule has 1 atom stereocenters. The number of benzene rings is 1. The highest BCUT2D eigenvalue weighted by atomic mass is 16.4. The lowest BCUT2D eigenvalue weighted by Crippen LogP contribution is -2.19. The molecule has 0 radical (unpaired) electrons. The van der Waals surface area contributed by atoms with E-state index in [1.807, 2.05) is 31.2 Å². The van der Waals surface area contributed by atoms with Crippen LogP contribution < -0.4 is 0 Å². The summed E-state index contributed by atoms with van der Waals surface area (Å²) in [6.07, 6.45) is -0.400. The molecule has 0 aromatic heterocycles. The van der Waals surface area contributed by atoms with Crippen molar-refractivity contribution in [1.29, 1.82) is 0 Å². The van der Waals surface area contributed by atoms with Gasteiger partial charge in [0.1, 0.15) is 0 Å². The Hall–Kier alpha value is -1.35. The van der Waals surface area contributed by atoms with Gasteiger partial charge in [-0.3, -0.25) is 0 Å². The molecule has 1 aromatic carbocycles. The summed E-state index contributed by atoms with van der Waals surface area (Å²) in [6.45, 7) is 2.00. The summed E-state index contributed by atoms with van der Waals surface area (Å²) in [5.41, 5.74) is 2.23. The summed E-state index contributed by atoms with van der Waals surface area (Å²) in [4.78, 5) is 10.3. The molecule has 0 aliphatic carbocycles. The molecule has 1 unspecified atom stereocenters. The molecule has 1 rings (SSSR count). The number of hydrogen-bond acceptors (Lipinski definition) is 2. The maximum Gasteiger partial charge on any atom is 0.332 e. The number of rotatable bonds is 4. The highest BCUT2D eigenvalue weighted by molar-refractivity contribution is 5.71. The van der Waals surface area contributed by atoms with Crippen LogP contribution in [-0.4, -0.2) is 22.3 Å². The summed E-state index contributed by atoms with van der Waals surface area (Å²) < 4.78 is 0. The number of aliphatic hydroxyl groups is 1. The first-order chi connectivity index (χ1) is 6.59. The average molecular weight is 194 g/mol. The first-order valence-electron chi connectivity index (χ1n) is 4.56. The molecular weight excluding hydrogens is 180 g/mol. The van der Waals surface area contributed by atoms with E-state index in [1.54, 1.807) is 0 Å². The maximum atomic E-state index is 10.3. The van der Waals surface area contributed by atoms with Crippen LogP contribution in [0.3, 0.4) is 0 Å². The van der Waals surface area contributed by atoms with Crippen LogP contribution >= 0.6 is 0 Å². The molecule has 0 aliphatic rings. The third-order valence-corrected chi connectivity index (χ3v) is 2.11. The van der Waals surface area contributed by atoms with Crippen LogP contribution in [0.15, 0.2) is 24.3 Å². The van der Waals surface area contributed by atoms with Gasteiger partial charge < -0.3 is 10.2 Å². The Morgan fingerprint density at radius 3 is 2.43 bits per heavy atom. The van der Waals surface area contributed by atoms with E-state index in [4.69, 9.17) is 10.2 Å². The largest absolute Gasteiger partial charge is 0.479 e. The predicted molar refractivity (Wildman–Crippen MR) is 53.1 cm³/mol. The molecule has 0 heterocycles. The summed E-state index contributed by atoms with van der Waals surface area (Å²) in [7, 11) is 0. The molecule has 2 N–H and O–H groups in total. The number of aryl methyl sites for hydroxylation is 2. The van der Waals surface area contributed by atoms with Crippen molar-refractivity contribution in [3.05, 3.63) is 35.4 Å². The topological polar surface area (TPSA) is 57.5 Å². The Balaban J connectivity index is 2.46. The minimum Gasteiger partial charge on any atom is -0.479 e. The van der Waals surface area contributed by atoms with Gasteiger partial charge in [0, 0.05) is 0 Å². The van der Waals surface area contributed by atoms with E-state index in [0.717, 1.165) is 5.56 Å². The Morgan fingerprint density at radius 2 is 1.93 bits per heavy atom. The quantitative estimate of drug-likeness (QED) is 0.761. The Kier molecular flexibility index (Phi) is 3.65. The van der Waals surface area contributed by atoms with Crippen molar-refractivity contribution >= 4 is 5.97 Å². The van der Waals surface area contributed by atoms with E-state index in [0.29, 0.717) is 6.42 Å². The van der Waals surface area contributed by atoms with Crippen LogP contribution in [0.2, 0.25) is 0 Å². The molecule has 0 bridgehead atoms. The van der Waals surface area contributed by atoms with Gasteiger partial charge in [0.25, 0.3) is 0 Å². The van der Waals surface area contributed by atoms with Crippen LogP contribution in [0, 0.1) is 6.92 Å². The molecule has 0 amide bonds. The summed E-state index contributed by atoms with van der Waals surface area (Å²) in [6, 6.07) is 7.85. The number of aliphatic hydroxyl groups excluding tert-OH is 1. The van der Waals surface area contributed by atoms with E-state index < -0.39 is 12.1 Å². The summed E-state index contributed by atoms with van der Waals surface area (Å²) in [5, 5.41) is 17.5. The van der Waals surface area contributed by atoms with Gasteiger partial charge in [-0.2, -0.15) is 0 Å². The fourth-order valence-corrected chi connectivity index (χ4v) is 1.18. The number of aliphatic carboxylic acids is 1. The first-order valence-corrected chi connectivity index (χ1v) is 4.56. The van der Waals surface area contributed by atoms with Crippen molar-refractivity contribution in [3.63, 3.8) is 0 Å². The number of carboxylic acid groups (broad SMARTS) is 1. The minimum atomic E-state index is -1.25. The lowest BCUT2D eigenvalue weighted by atomic mass is 10.1. The van der Waals surface area contributed by atoms with E-state index in [2.05, 4.69) is 0 Å². The summed E-state index contributed by atoms with van der Waals surface area (Å²) >= 11 is 0. The van der Waals surface area contributed by atoms with E-state index in [1.165, 1.54) is 5.56 Å². The van der Waals surface area contributed by atoms with Crippen molar-refractivity contribution in [2.45, 2.75) is 25.9 Å². The minimum absolute atomic E-state index is 0.262. The average Bonchev–Trinajstić information content (AvgIpc) is 2.16. The highest BCUT2D eigenvalue weighted by Gasteiger charge is 2.12. The molecule has 0 saturated heterocycles. The fraction of sp³-hybridized carbons (Fsp3) is 0.364. The highest BCUT2D eigenvalue weighted by Crippen LogP contribution is 2.07. The molecule has 0 aliphatic heterocycles. The molecule has 0 spiro atoms. The molecule has 14 heavy (non-hydrogen) atoms. The van der Waals surface area contributed by atoms with Crippen LogP contribution in [0.4, 0.5) is 0 Å². The first kappa shape index (κ1) is 10.7. The Morgan fingerprint density at radius 1 is 1.36 bits per heavy atom. The predicted octanol–water partition coefficient (Wildman–Crippen LogP) is 1.37. The standard InChI is InChI=1S/C11H14O3/c1-8-2-4-9(5-3-8)6-7-10(12)11(13)14/h2-5,10,12H,6-7H2,1H3,(H,13,14). The molecule has 1 aromatic rings. The second kappa shape index (κ2) is 4.77. The van der Waals surface area contributed by atoms with Crippen LogP contribution in [0.5, 0.6) is 0 Å². The van der Waals surface area contributed by atoms with Gasteiger partial charge >= 0.3 is 5.97 Å². The molecular formula is C11H14O3. The molecule has 0 saturated carbocycles. The van der Waals surface area contributed by atoms with Crippen molar-refractivity contribution in [1.82, 2.24) is 0 Å². The molecule has 0 fully saturated rings. The van der Waals surface area contributed by atoms with Gasteiger partial charge in [-0.1, -0.05) is 29.8 Å². The number of carbonyl (C=O) groups is 1. The van der Waals surface area contributed by atoms with Gasteiger partial charge in [-0.05, 0) is 25.3 Å². The lowest BCUT2D eigenvalue weighted by Gasteiger charge is -2.05. The monoisotopic (exact) mass is 194 g/mol. The van der Waals surface area contributed by atoms with Crippen molar-refractivity contribution in [2.24, 2.45) is 0 Å². The smallest absolute Gasteiger partial charge is 0.332 e. The third-order valence-electron chi connectivity index (χ3n) is 2.11. The van der Waals surface area contributed by atoms with E-state index >= 15 is 0 Å². The normalized spacial score (nSPS) is 12.4. The van der Waals surface area contributed by atoms with Gasteiger partial charge in [-0.15, -0.1) is 0 Å². The van der Waals surface area contributed by atoms with Gasteiger partial charge in [0.2, 0.25) is 0 Å². The van der Waals surface area contributed by atoms with Gasteiger partial charge in [0.05, 0.1) is 0 Å². The van der Waals surface area contributed by atoms with Gasteiger partial charge in [0.15, 0.2) is 6.10 Å². The van der Waals surface area contributed by atoms with Crippen molar-refractivity contribution in [2.75, 3.05) is 0 Å². The van der Waals surface area contributed by atoms with E-state index in [-0.39, 0.29) is 6.42 Å². The van der Waals surface area contributed by atoms with Gasteiger partial charge in [-0.25, -0.2) is 4.79 Å². The van der Waals surface area contributed by atoms with Crippen LogP contribution in [0.1, 0.15) is 17.5 Å². The van der Waals surface area contributed by atoms with E-state index in [9.17, 15) is 4.79 Å². The zero-order valence-corrected chi connectivity index (χ0v) is 8.10. The molecule has 76 valence electrons. The summed E-state index contributed by atoms with van der Waals surface area (Å²) in [5.74, 6) is -1.16. The fourth-order valence-electron chi connectivity index (χ4n) is 1.18. The van der Waals surface area contributed by atoms with Crippen LogP contribution in [-0.2, 0) is 11.2 Å². The SMILES string of the molecule is Cc1ccc(CCC(O)C(=O)O)cc1.